The highest BCUT2D eigenvalue weighted by Gasteiger charge is 2.27. The third-order valence-electron chi connectivity index (χ3n) is 2.81. The Morgan fingerprint density at radius 2 is 2.29 bits per heavy atom. The van der Waals surface area contributed by atoms with Crippen LogP contribution in [0.15, 0.2) is 11.6 Å². The van der Waals surface area contributed by atoms with E-state index in [4.69, 9.17) is 10.5 Å². The first-order valence-corrected chi connectivity index (χ1v) is 5.19. The molecule has 0 fully saturated rings. The van der Waals surface area contributed by atoms with Crippen molar-refractivity contribution in [1.29, 1.82) is 0 Å². The third-order valence-corrected chi connectivity index (χ3v) is 2.81. The van der Waals surface area contributed by atoms with Crippen LogP contribution in [0.4, 0.5) is 0 Å². The molecule has 0 aromatic heterocycles. The minimum Gasteiger partial charge on any atom is -0.463 e. The van der Waals surface area contributed by atoms with E-state index in [1.54, 1.807) is 0 Å². The van der Waals surface area contributed by atoms with Gasteiger partial charge < -0.3 is 10.5 Å². The van der Waals surface area contributed by atoms with Crippen molar-refractivity contribution < 1.29 is 9.53 Å². The van der Waals surface area contributed by atoms with Gasteiger partial charge in [-0.05, 0) is 25.2 Å². The number of nitrogens with two attached hydrogens (primary N) is 1. The Labute approximate surface area is 85.3 Å². The van der Waals surface area contributed by atoms with Gasteiger partial charge in [-0.25, -0.2) is 4.79 Å². The zero-order valence-electron chi connectivity index (χ0n) is 9.12. The van der Waals surface area contributed by atoms with Gasteiger partial charge in [0.25, 0.3) is 0 Å². The minimum atomic E-state index is -0.182. The first-order valence-electron chi connectivity index (χ1n) is 5.19. The molecule has 0 spiro atoms. The molecule has 2 N–H and O–H groups in total. The van der Waals surface area contributed by atoms with Crippen molar-refractivity contribution >= 4 is 5.97 Å². The van der Waals surface area contributed by atoms with Crippen molar-refractivity contribution in [3.05, 3.63) is 11.6 Å². The summed E-state index contributed by atoms with van der Waals surface area (Å²) in [6.07, 6.45) is 2.69. The first kappa shape index (κ1) is 11.2. The quantitative estimate of drug-likeness (QED) is 0.682. The molecule has 0 amide bonds. The lowest BCUT2D eigenvalue weighted by Crippen LogP contribution is -2.38. The fourth-order valence-corrected chi connectivity index (χ4v) is 1.87. The minimum absolute atomic E-state index is 0.160. The number of hydrogen-bond acceptors (Lipinski definition) is 3. The molecule has 1 aliphatic rings. The molecule has 0 heterocycles. The van der Waals surface area contributed by atoms with E-state index in [2.05, 4.69) is 6.92 Å². The summed E-state index contributed by atoms with van der Waals surface area (Å²) in [5.41, 5.74) is 6.75. The van der Waals surface area contributed by atoms with E-state index < -0.39 is 0 Å². The SMILES string of the molecule is CCOC(=O)C1=C[C@@H](C)[C@H](N)[C@H](C)C1. The molecule has 0 saturated carbocycles. The van der Waals surface area contributed by atoms with E-state index in [1.807, 2.05) is 19.9 Å². The van der Waals surface area contributed by atoms with Crippen LogP contribution in [0.25, 0.3) is 0 Å². The average Bonchev–Trinajstić information content (AvgIpc) is 2.13. The number of carbonyl (C=O) groups excluding carboxylic acids is 1. The van der Waals surface area contributed by atoms with Crippen molar-refractivity contribution in [2.24, 2.45) is 17.6 Å². The summed E-state index contributed by atoms with van der Waals surface area (Å²) in [6, 6.07) is 0.160. The van der Waals surface area contributed by atoms with Crippen LogP contribution in [0.1, 0.15) is 27.2 Å². The zero-order valence-corrected chi connectivity index (χ0v) is 9.12. The van der Waals surface area contributed by atoms with E-state index in [0.29, 0.717) is 12.5 Å². The van der Waals surface area contributed by atoms with Crippen LogP contribution in [0, 0.1) is 11.8 Å². The maximum Gasteiger partial charge on any atom is 0.333 e. The average molecular weight is 197 g/mol. The predicted octanol–water partition coefficient (Wildman–Crippen LogP) is 1.48. The van der Waals surface area contributed by atoms with Gasteiger partial charge >= 0.3 is 5.97 Å². The summed E-state index contributed by atoms with van der Waals surface area (Å²) in [6.45, 7) is 6.37. The fraction of sp³-hybridized carbons (Fsp3) is 0.727. The van der Waals surface area contributed by atoms with E-state index in [9.17, 15) is 4.79 Å². The summed E-state index contributed by atoms with van der Waals surface area (Å²) in [4.78, 5) is 11.5. The van der Waals surface area contributed by atoms with Gasteiger partial charge in [0.05, 0.1) is 6.61 Å². The van der Waals surface area contributed by atoms with Gasteiger partial charge in [0, 0.05) is 11.6 Å². The van der Waals surface area contributed by atoms with E-state index in [-0.39, 0.29) is 17.9 Å². The smallest absolute Gasteiger partial charge is 0.333 e. The number of ether oxygens (including phenoxy) is 1. The molecular weight excluding hydrogens is 178 g/mol. The van der Waals surface area contributed by atoms with E-state index in [1.165, 1.54) is 0 Å². The molecule has 1 rings (SSSR count). The molecule has 0 unspecified atom stereocenters. The van der Waals surface area contributed by atoms with Crippen molar-refractivity contribution in [3.63, 3.8) is 0 Å². The highest BCUT2D eigenvalue weighted by atomic mass is 16.5. The van der Waals surface area contributed by atoms with Gasteiger partial charge in [-0.3, -0.25) is 0 Å². The number of carbonyl (C=O) groups is 1. The molecule has 0 aliphatic heterocycles. The molecule has 0 aromatic carbocycles. The predicted molar refractivity (Wildman–Crippen MR) is 55.6 cm³/mol. The fourth-order valence-electron chi connectivity index (χ4n) is 1.87. The number of rotatable bonds is 2. The van der Waals surface area contributed by atoms with Crippen LogP contribution < -0.4 is 5.73 Å². The second-order valence-electron chi connectivity index (χ2n) is 4.03. The Morgan fingerprint density at radius 1 is 1.64 bits per heavy atom. The Balaban J connectivity index is 2.71. The topological polar surface area (TPSA) is 52.3 Å². The maximum atomic E-state index is 11.5. The highest BCUT2D eigenvalue weighted by Crippen LogP contribution is 2.27. The lowest BCUT2D eigenvalue weighted by molar-refractivity contribution is -0.139. The molecule has 3 atom stereocenters. The van der Waals surface area contributed by atoms with Gasteiger partial charge in [0.1, 0.15) is 0 Å². The molecule has 3 nitrogen and oxygen atoms in total. The first-order chi connectivity index (χ1) is 6.56. The summed E-state index contributed by atoms with van der Waals surface area (Å²) in [5, 5.41) is 0. The Morgan fingerprint density at radius 3 is 2.79 bits per heavy atom. The molecule has 80 valence electrons. The number of hydrogen-bond donors (Lipinski definition) is 1. The maximum absolute atomic E-state index is 11.5. The van der Waals surface area contributed by atoms with Crippen LogP contribution in [0.3, 0.4) is 0 Å². The molecule has 0 saturated heterocycles. The largest absolute Gasteiger partial charge is 0.463 e. The summed E-state index contributed by atoms with van der Waals surface area (Å²) >= 11 is 0. The second kappa shape index (κ2) is 4.60. The molecular formula is C11H19NO2. The van der Waals surface area contributed by atoms with Crippen LogP contribution >= 0.6 is 0 Å². The molecule has 3 heteroatoms. The zero-order chi connectivity index (χ0) is 10.7. The summed E-state index contributed by atoms with van der Waals surface area (Å²) in [7, 11) is 0. The van der Waals surface area contributed by atoms with Crippen molar-refractivity contribution in [2.75, 3.05) is 6.61 Å². The summed E-state index contributed by atoms with van der Waals surface area (Å²) < 4.78 is 4.97. The van der Waals surface area contributed by atoms with Crippen LogP contribution in [0.5, 0.6) is 0 Å². The Kier molecular flexibility index (Phi) is 3.69. The number of esters is 1. The van der Waals surface area contributed by atoms with E-state index >= 15 is 0 Å². The van der Waals surface area contributed by atoms with Gasteiger partial charge in [0.15, 0.2) is 0 Å². The normalized spacial score (nSPS) is 32.3. The van der Waals surface area contributed by atoms with Crippen molar-refractivity contribution in [1.82, 2.24) is 0 Å². The molecule has 14 heavy (non-hydrogen) atoms. The van der Waals surface area contributed by atoms with Gasteiger partial charge in [-0.15, -0.1) is 0 Å². The lowest BCUT2D eigenvalue weighted by Gasteiger charge is -2.29. The Bertz CT molecular complexity index is 248. The lowest BCUT2D eigenvalue weighted by atomic mass is 9.80. The highest BCUT2D eigenvalue weighted by molar-refractivity contribution is 5.88. The Hall–Kier alpha value is -0.830. The van der Waals surface area contributed by atoms with Gasteiger partial charge in [-0.1, -0.05) is 19.9 Å². The second-order valence-corrected chi connectivity index (χ2v) is 4.03. The summed E-state index contributed by atoms with van der Waals surface area (Å²) in [5.74, 6) is 0.436. The third kappa shape index (κ3) is 2.35. The van der Waals surface area contributed by atoms with Crippen molar-refractivity contribution in [2.45, 2.75) is 33.2 Å². The van der Waals surface area contributed by atoms with E-state index in [0.717, 1.165) is 12.0 Å². The molecule has 1 aliphatic carbocycles. The van der Waals surface area contributed by atoms with Crippen LogP contribution in [-0.4, -0.2) is 18.6 Å². The molecule has 0 radical (unpaired) electrons. The standard InChI is InChI=1S/C11H19NO2/c1-4-14-11(13)9-5-7(2)10(12)8(3)6-9/h5,7-8,10H,4,6,12H2,1-3H3/t7-,8-,10+/m1/s1. The monoisotopic (exact) mass is 197 g/mol. The van der Waals surface area contributed by atoms with Crippen LogP contribution in [-0.2, 0) is 9.53 Å². The molecule has 0 bridgehead atoms. The van der Waals surface area contributed by atoms with Crippen molar-refractivity contribution in [3.8, 4) is 0 Å². The van der Waals surface area contributed by atoms with Gasteiger partial charge in [0.2, 0.25) is 0 Å². The van der Waals surface area contributed by atoms with Crippen LogP contribution in [0.2, 0.25) is 0 Å². The van der Waals surface area contributed by atoms with Gasteiger partial charge in [-0.2, -0.15) is 0 Å². The molecule has 0 aromatic rings.